The van der Waals surface area contributed by atoms with Crippen LogP contribution in [-0.4, -0.2) is 26.2 Å². The Kier molecular flexibility index (Phi) is 8.44. The second-order valence-corrected chi connectivity index (χ2v) is 9.92. The highest BCUT2D eigenvalue weighted by molar-refractivity contribution is 5.86. The number of fused-ring (bicyclic) bond motifs is 2. The number of rotatable bonds is 12. The zero-order valence-electron chi connectivity index (χ0n) is 22.5. The van der Waals surface area contributed by atoms with Crippen molar-refractivity contribution in [2.24, 2.45) is 0 Å². The van der Waals surface area contributed by atoms with E-state index in [4.69, 9.17) is 4.42 Å². The van der Waals surface area contributed by atoms with E-state index in [-0.39, 0.29) is 18.2 Å². The molecule has 1 N–H and O–H groups in total. The van der Waals surface area contributed by atoms with Crippen LogP contribution in [-0.2, 0) is 16.1 Å². The van der Waals surface area contributed by atoms with Gasteiger partial charge in [-0.25, -0.2) is 14.8 Å². The molecule has 0 spiro atoms. The van der Waals surface area contributed by atoms with Gasteiger partial charge in [0.15, 0.2) is 5.76 Å². The van der Waals surface area contributed by atoms with E-state index >= 15 is 0 Å². The molecule has 0 bridgehead atoms. The van der Waals surface area contributed by atoms with Crippen molar-refractivity contribution in [2.45, 2.75) is 58.0 Å². The van der Waals surface area contributed by atoms with Crippen molar-refractivity contribution in [2.75, 3.05) is 0 Å². The summed E-state index contributed by atoms with van der Waals surface area (Å²) in [4.78, 5) is 45.8. The van der Waals surface area contributed by atoms with Crippen LogP contribution in [0.5, 0.6) is 0 Å². The van der Waals surface area contributed by atoms with Crippen molar-refractivity contribution < 1.29 is 14.0 Å². The Bertz CT molecular complexity index is 1700. The predicted molar refractivity (Wildman–Crippen MR) is 155 cm³/mol. The number of amides is 1. The van der Waals surface area contributed by atoms with Gasteiger partial charge in [-0.1, -0.05) is 74.4 Å². The van der Waals surface area contributed by atoms with Gasteiger partial charge in [0, 0.05) is 30.0 Å². The largest absolute Gasteiger partial charge is 0.438 e. The molecule has 5 rings (SSSR count). The molecular weight excluding hydrogens is 504 g/mol. The standard InChI is InChI=1S/C32H32N4O4/c1-2-26(37)13-4-3-5-14-27(35-30(38)21-36-28-15-9-8-12-25(28)19-34-32(36)39)31-33-20-29(40-31)24-17-16-22-10-6-7-11-23(22)18-24/h6-12,15-20,27H,2-5,13-14,21H2,1H3,(H,35,38)/t27-/m0/s1. The third-order valence-corrected chi connectivity index (χ3v) is 7.11. The number of Topliss-reactive ketones (excluding diaryl/α,β-unsaturated/α-hetero) is 1. The Hall–Kier alpha value is -4.59. The van der Waals surface area contributed by atoms with Crippen LogP contribution in [0.1, 0.15) is 57.4 Å². The fourth-order valence-corrected chi connectivity index (χ4v) is 4.88. The molecule has 0 aliphatic heterocycles. The van der Waals surface area contributed by atoms with Crippen LogP contribution in [0.4, 0.5) is 0 Å². The summed E-state index contributed by atoms with van der Waals surface area (Å²) in [5.41, 5.74) is 1.05. The Morgan fingerprint density at radius 3 is 2.50 bits per heavy atom. The maximum Gasteiger partial charge on any atom is 0.348 e. The van der Waals surface area contributed by atoms with E-state index in [0.29, 0.717) is 36.4 Å². The van der Waals surface area contributed by atoms with Crippen LogP contribution in [0.15, 0.2) is 88.3 Å². The first-order valence-electron chi connectivity index (χ1n) is 13.7. The average Bonchev–Trinajstić information content (AvgIpc) is 3.48. The van der Waals surface area contributed by atoms with Gasteiger partial charge in [-0.15, -0.1) is 0 Å². The first kappa shape index (κ1) is 27.0. The van der Waals surface area contributed by atoms with Gasteiger partial charge in [-0.05, 0) is 35.7 Å². The zero-order chi connectivity index (χ0) is 27.9. The van der Waals surface area contributed by atoms with Gasteiger partial charge >= 0.3 is 5.69 Å². The summed E-state index contributed by atoms with van der Waals surface area (Å²) in [6.07, 6.45) is 7.33. The second-order valence-electron chi connectivity index (χ2n) is 9.92. The maximum atomic E-state index is 13.2. The summed E-state index contributed by atoms with van der Waals surface area (Å²) in [5, 5.41) is 6.04. The lowest BCUT2D eigenvalue weighted by Gasteiger charge is -2.17. The lowest BCUT2D eigenvalue weighted by Crippen LogP contribution is -2.35. The minimum atomic E-state index is -0.485. The molecule has 8 nitrogen and oxygen atoms in total. The van der Waals surface area contributed by atoms with Gasteiger partial charge in [0.2, 0.25) is 11.8 Å². The number of nitrogens with one attached hydrogen (secondary N) is 1. The number of para-hydroxylation sites is 1. The Labute approximate surface area is 232 Å². The molecule has 0 saturated carbocycles. The molecule has 8 heteroatoms. The molecule has 0 radical (unpaired) electrons. The topological polar surface area (TPSA) is 107 Å². The molecule has 2 aromatic heterocycles. The van der Waals surface area contributed by atoms with Gasteiger partial charge in [0.25, 0.3) is 0 Å². The third kappa shape index (κ3) is 6.34. The first-order chi connectivity index (χ1) is 19.5. The minimum absolute atomic E-state index is 0.174. The van der Waals surface area contributed by atoms with E-state index in [1.807, 2.05) is 55.5 Å². The van der Waals surface area contributed by atoms with Crippen molar-refractivity contribution in [1.82, 2.24) is 19.9 Å². The third-order valence-electron chi connectivity index (χ3n) is 7.11. The lowest BCUT2D eigenvalue weighted by molar-refractivity contribution is -0.122. The number of carbonyl (C=O) groups is 2. The minimum Gasteiger partial charge on any atom is -0.438 e. The van der Waals surface area contributed by atoms with Gasteiger partial charge in [0.05, 0.1) is 11.7 Å². The molecule has 1 atom stereocenters. The van der Waals surface area contributed by atoms with Crippen LogP contribution in [0.3, 0.4) is 0 Å². The summed E-state index contributed by atoms with van der Waals surface area (Å²) < 4.78 is 7.55. The Morgan fingerprint density at radius 1 is 0.900 bits per heavy atom. The molecule has 0 saturated heterocycles. The van der Waals surface area contributed by atoms with E-state index < -0.39 is 11.7 Å². The van der Waals surface area contributed by atoms with Gasteiger partial charge < -0.3 is 9.73 Å². The van der Waals surface area contributed by atoms with Crippen LogP contribution in [0.25, 0.3) is 33.0 Å². The van der Waals surface area contributed by atoms with Crippen LogP contribution in [0, 0.1) is 0 Å². The van der Waals surface area contributed by atoms with Crippen LogP contribution >= 0.6 is 0 Å². The molecule has 0 unspecified atom stereocenters. The van der Waals surface area contributed by atoms with Crippen molar-refractivity contribution >= 4 is 33.4 Å². The normalized spacial score (nSPS) is 12.0. The van der Waals surface area contributed by atoms with Crippen LogP contribution in [0.2, 0.25) is 0 Å². The van der Waals surface area contributed by atoms with E-state index in [1.54, 1.807) is 12.3 Å². The van der Waals surface area contributed by atoms with Crippen molar-refractivity contribution in [3.8, 4) is 11.3 Å². The smallest absolute Gasteiger partial charge is 0.348 e. The molecule has 0 fully saturated rings. The number of aromatic nitrogens is 3. The molecule has 1 amide bonds. The molecule has 2 heterocycles. The van der Waals surface area contributed by atoms with Crippen LogP contribution < -0.4 is 11.0 Å². The highest BCUT2D eigenvalue weighted by Crippen LogP contribution is 2.28. The average molecular weight is 537 g/mol. The van der Waals surface area contributed by atoms with Gasteiger partial charge in [-0.2, -0.15) is 0 Å². The predicted octanol–water partition coefficient (Wildman–Crippen LogP) is 5.99. The van der Waals surface area contributed by atoms with Crippen molar-refractivity contribution in [3.63, 3.8) is 0 Å². The lowest BCUT2D eigenvalue weighted by atomic mass is 10.0. The number of oxazole rings is 1. The highest BCUT2D eigenvalue weighted by Gasteiger charge is 2.21. The SMILES string of the molecule is CCC(=O)CCCCC[C@H](NC(=O)Cn1c(=O)ncc2ccccc21)c1ncc(-c2ccc3ccccc3c2)o1. The highest BCUT2D eigenvalue weighted by atomic mass is 16.4. The number of nitrogens with zero attached hydrogens (tertiary/aromatic N) is 3. The number of ketones is 1. The maximum absolute atomic E-state index is 13.2. The molecular formula is C32H32N4O4. The van der Waals surface area contributed by atoms with Crippen molar-refractivity contribution in [3.05, 3.63) is 95.5 Å². The summed E-state index contributed by atoms with van der Waals surface area (Å²) in [5.74, 6) is 0.941. The van der Waals surface area contributed by atoms with E-state index in [2.05, 4.69) is 27.4 Å². The number of benzene rings is 3. The number of hydrogen-bond donors (Lipinski definition) is 1. The van der Waals surface area contributed by atoms with Gasteiger partial charge in [0.1, 0.15) is 18.4 Å². The molecule has 0 aliphatic rings. The van der Waals surface area contributed by atoms with E-state index in [1.165, 1.54) is 10.8 Å². The fraction of sp³-hybridized carbons (Fsp3) is 0.281. The monoisotopic (exact) mass is 536 g/mol. The summed E-state index contributed by atoms with van der Waals surface area (Å²) in [6.45, 7) is 1.70. The quantitative estimate of drug-likeness (QED) is 0.196. The second kappa shape index (κ2) is 12.5. The molecule has 204 valence electrons. The Balaban J connectivity index is 1.34. The fourth-order valence-electron chi connectivity index (χ4n) is 4.88. The van der Waals surface area contributed by atoms with E-state index in [9.17, 15) is 14.4 Å². The van der Waals surface area contributed by atoms with E-state index in [0.717, 1.165) is 41.0 Å². The first-order valence-corrected chi connectivity index (χ1v) is 13.7. The van der Waals surface area contributed by atoms with Gasteiger partial charge in [-0.3, -0.25) is 14.2 Å². The summed E-state index contributed by atoms with van der Waals surface area (Å²) >= 11 is 0. The molecule has 0 aliphatic carbocycles. The summed E-state index contributed by atoms with van der Waals surface area (Å²) in [7, 11) is 0. The molecule has 3 aromatic carbocycles. The number of hydrogen-bond acceptors (Lipinski definition) is 6. The van der Waals surface area contributed by atoms with Crippen molar-refractivity contribution in [1.29, 1.82) is 0 Å². The Morgan fingerprint density at radius 2 is 1.68 bits per heavy atom. The number of unbranched alkanes of at least 4 members (excludes halogenated alkanes) is 2. The molecule has 5 aromatic rings. The summed E-state index contributed by atoms with van der Waals surface area (Å²) in [6, 6.07) is 21.0. The molecule has 40 heavy (non-hydrogen) atoms. The zero-order valence-corrected chi connectivity index (χ0v) is 22.5. The number of carbonyl (C=O) groups excluding carboxylic acids is 2.